The van der Waals surface area contributed by atoms with E-state index in [-0.39, 0.29) is 5.69 Å². The number of nitrogens with zero attached hydrogens (tertiary/aromatic N) is 4. The summed E-state index contributed by atoms with van der Waals surface area (Å²) in [7, 11) is 0. The van der Waals surface area contributed by atoms with Crippen molar-refractivity contribution in [3.05, 3.63) is 51.8 Å². The quantitative estimate of drug-likeness (QED) is 0.378. The van der Waals surface area contributed by atoms with Gasteiger partial charge in [-0.05, 0) is 42.9 Å². The first-order chi connectivity index (χ1) is 11.6. The molecule has 24 heavy (non-hydrogen) atoms. The van der Waals surface area contributed by atoms with E-state index >= 15 is 0 Å². The fourth-order valence-electron chi connectivity index (χ4n) is 2.92. The van der Waals surface area contributed by atoms with Crippen LogP contribution in [0.5, 0.6) is 0 Å². The van der Waals surface area contributed by atoms with Crippen LogP contribution in [0.2, 0.25) is 0 Å². The van der Waals surface area contributed by atoms with E-state index < -0.39 is 4.92 Å². The minimum absolute atomic E-state index is 0.0269. The van der Waals surface area contributed by atoms with Gasteiger partial charge in [-0.3, -0.25) is 19.8 Å². The molecule has 0 spiro atoms. The summed E-state index contributed by atoms with van der Waals surface area (Å²) >= 11 is 0. The maximum absolute atomic E-state index is 10.6. The Labute approximate surface area is 139 Å². The zero-order valence-corrected chi connectivity index (χ0v) is 13.3. The molecule has 0 amide bonds. The summed E-state index contributed by atoms with van der Waals surface area (Å²) in [6.07, 6.45) is 7.20. The van der Waals surface area contributed by atoms with E-state index in [1.807, 2.05) is 12.1 Å². The van der Waals surface area contributed by atoms with Crippen molar-refractivity contribution in [2.24, 2.45) is 10.7 Å². The highest BCUT2D eigenvalue weighted by molar-refractivity contribution is 5.93. The maximum Gasteiger partial charge on any atom is 0.306 e. The molecule has 1 aliphatic rings. The van der Waals surface area contributed by atoms with Gasteiger partial charge in [-0.15, -0.1) is 0 Å². The van der Waals surface area contributed by atoms with Crippen LogP contribution in [0.3, 0.4) is 0 Å². The van der Waals surface area contributed by atoms with Crippen LogP contribution in [0.15, 0.2) is 35.6 Å². The third kappa shape index (κ3) is 3.70. The van der Waals surface area contributed by atoms with Crippen molar-refractivity contribution in [1.82, 2.24) is 9.78 Å². The second-order valence-corrected chi connectivity index (χ2v) is 5.76. The molecule has 1 aliphatic carbocycles. The molecular weight excluding hydrogens is 308 g/mol. The molecule has 1 heterocycles. The number of nitro groups is 1. The fourth-order valence-corrected chi connectivity index (χ4v) is 2.92. The lowest BCUT2D eigenvalue weighted by molar-refractivity contribution is -0.385. The van der Waals surface area contributed by atoms with Crippen molar-refractivity contribution in [3.8, 4) is 0 Å². The van der Waals surface area contributed by atoms with E-state index in [2.05, 4.69) is 21.5 Å². The number of rotatable bonds is 5. The van der Waals surface area contributed by atoms with E-state index in [1.54, 1.807) is 0 Å². The first-order valence-electron chi connectivity index (χ1n) is 7.98. The molecule has 0 unspecified atom stereocenters. The smallest absolute Gasteiger partial charge is 0.306 e. The normalized spacial score (nSPS) is 14.2. The van der Waals surface area contributed by atoms with Crippen LogP contribution in [-0.2, 0) is 19.4 Å². The third-order valence-corrected chi connectivity index (χ3v) is 4.10. The third-order valence-electron chi connectivity index (χ3n) is 4.10. The molecule has 0 saturated heterocycles. The number of fused-ring (bicyclic) bond motifs is 1. The molecule has 0 aliphatic heterocycles. The van der Waals surface area contributed by atoms with Crippen LogP contribution in [0.25, 0.3) is 0 Å². The van der Waals surface area contributed by atoms with Crippen LogP contribution in [0, 0.1) is 10.1 Å². The predicted octanol–water partition coefficient (Wildman–Crippen LogP) is 2.10. The Balaban J connectivity index is 1.59. The van der Waals surface area contributed by atoms with E-state index in [1.165, 1.54) is 41.0 Å². The monoisotopic (exact) mass is 328 g/mol. The lowest BCUT2D eigenvalue weighted by Gasteiger charge is -2.19. The van der Waals surface area contributed by atoms with Crippen molar-refractivity contribution in [2.45, 2.75) is 32.2 Å². The van der Waals surface area contributed by atoms with E-state index in [4.69, 9.17) is 5.73 Å². The summed E-state index contributed by atoms with van der Waals surface area (Å²) in [6.45, 7) is 0.829. The molecule has 126 valence electrons. The Morgan fingerprint density at radius 1 is 1.42 bits per heavy atom. The molecule has 2 aromatic rings. The summed E-state index contributed by atoms with van der Waals surface area (Å²) in [6, 6.07) is 6.21. The summed E-state index contributed by atoms with van der Waals surface area (Å²) in [5.74, 6) is 0.343. The first-order valence-corrected chi connectivity index (χ1v) is 7.98. The highest BCUT2D eigenvalue weighted by Gasteiger charge is 2.13. The van der Waals surface area contributed by atoms with Gasteiger partial charge < -0.3 is 11.1 Å². The lowest BCUT2D eigenvalue weighted by Crippen LogP contribution is -2.24. The topological polar surface area (TPSA) is 111 Å². The Kier molecular flexibility index (Phi) is 4.74. The van der Waals surface area contributed by atoms with Crippen LogP contribution in [-0.4, -0.2) is 27.2 Å². The van der Waals surface area contributed by atoms with Gasteiger partial charge >= 0.3 is 5.69 Å². The van der Waals surface area contributed by atoms with Gasteiger partial charge in [0.2, 0.25) is 0 Å². The highest BCUT2D eigenvalue weighted by atomic mass is 16.6. The van der Waals surface area contributed by atoms with Gasteiger partial charge in [0.1, 0.15) is 12.4 Å². The number of aromatic nitrogens is 2. The van der Waals surface area contributed by atoms with E-state index in [0.717, 1.165) is 18.5 Å². The van der Waals surface area contributed by atoms with Gasteiger partial charge in [0, 0.05) is 5.69 Å². The largest absolute Gasteiger partial charge is 0.370 e. The molecule has 0 radical (unpaired) electrons. The number of hydrogen-bond acceptors (Lipinski definition) is 4. The van der Waals surface area contributed by atoms with E-state index in [0.29, 0.717) is 19.0 Å². The summed E-state index contributed by atoms with van der Waals surface area (Å²) < 4.78 is 1.49. The second kappa shape index (κ2) is 7.12. The van der Waals surface area contributed by atoms with Crippen LogP contribution < -0.4 is 11.1 Å². The molecule has 3 N–H and O–H groups in total. The SMILES string of the molecule is NC(=NCCn1cc([N+](=O)[O-])cn1)Nc1cccc2c1CCCC2. The zero-order chi connectivity index (χ0) is 16.9. The molecule has 3 rings (SSSR count). The average molecular weight is 328 g/mol. The maximum atomic E-state index is 10.6. The Bertz CT molecular complexity index is 768. The molecule has 0 bridgehead atoms. The number of benzene rings is 1. The minimum Gasteiger partial charge on any atom is -0.370 e. The fraction of sp³-hybridized carbons (Fsp3) is 0.375. The van der Waals surface area contributed by atoms with Crippen molar-refractivity contribution < 1.29 is 4.92 Å². The average Bonchev–Trinajstić information content (AvgIpc) is 3.04. The predicted molar refractivity (Wildman–Crippen MR) is 92.1 cm³/mol. The lowest BCUT2D eigenvalue weighted by atomic mass is 9.90. The summed E-state index contributed by atoms with van der Waals surface area (Å²) in [4.78, 5) is 14.4. The van der Waals surface area contributed by atoms with Gasteiger partial charge in [-0.2, -0.15) is 5.10 Å². The number of anilines is 1. The molecule has 1 aromatic carbocycles. The molecule has 1 aromatic heterocycles. The molecule has 0 saturated carbocycles. The van der Waals surface area contributed by atoms with Crippen molar-refractivity contribution >= 4 is 17.3 Å². The zero-order valence-electron chi connectivity index (χ0n) is 13.3. The van der Waals surface area contributed by atoms with Crippen LogP contribution in [0.4, 0.5) is 11.4 Å². The first kappa shape index (κ1) is 16.0. The second-order valence-electron chi connectivity index (χ2n) is 5.76. The van der Waals surface area contributed by atoms with Gasteiger partial charge in [-0.1, -0.05) is 12.1 Å². The van der Waals surface area contributed by atoms with Gasteiger partial charge in [0.15, 0.2) is 5.96 Å². The minimum atomic E-state index is -0.471. The van der Waals surface area contributed by atoms with Gasteiger partial charge in [-0.25, -0.2) is 0 Å². The van der Waals surface area contributed by atoms with Gasteiger partial charge in [0.25, 0.3) is 0 Å². The van der Waals surface area contributed by atoms with E-state index in [9.17, 15) is 10.1 Å². The number of aryl methyl sites for hydroxylation is 1. The van der Waals surface area contributed by atoms with Crippen LogP contribution >= 0.6 is 0 Å². The van der Waals surface area contributed by atoms with Crippen molar-refractivity contribution in [1.29, 1.82) is 0 Å². The van der Waals surface area contributed by atoms with Crippen LogP contribution in [0.1, 0.15) is 24.0 Å². The number of nitrogens with two attached hydrogens (primary N) is 1. The molecular formula is C16H20N6O2. The van der Waals surface area contributed by atoms with Crippen molar-refractivity contribution in [2.75, 3.05) is 11.9 Å². The number of aliphatic imine (C=N–C) groups is 1. The summed E-state index contributed by atoms with van der Waals surface area (Å²) in [5, 5.41) is 17.7. The molecule has 0 atom stereocenters. The van der Waals surface area contributed by atoms with Gasteiger partial charge in [0.05, 0.1) is 18.0 Å². The number of guanidine groups is 1. The summed E-state index contributed by atoms with van der Waals surface area (Å²) in [5.41, 5.74) is 9.65. The molecule has 8 nitrogen and oxygen atoms in total. The number of hydrogen-bond donors (Lipinski definition) is 2. The molecule has 8 heteroatoms. The molecule has 0 fully saturated rings. The Morgan fingerprint density at radius 2 is 2.25 bits per heavy atom. The highest BCUT2D eigenvalue weighted by Crippen LogP contribution is 2.27. The Hall–Kier alpha value is -2.90. The standard InChI is InChI=1S/C16H20N6O2/c17-16(18-8-9-21-11-13(10-19-21)22(23)24)20-15-7-3-5-12-4-1-2-6-14(12)15/h3,5,7,10-11H,1-2,4,6,8-9H2,(H3,17,18,20). The Morgan fingerprint density at radius 3 is 3.04 bits per heavy atom. The number of nitrogens with one attached hydrogen (secondary N) is 1. The van der Waals surface area contributed by atoms with Crippen molar-refractivity contribution in [3.63, 3.8) is 0 Å².